The van der Waals surface area contributed by atoms with E-state index in [1.807, 2.05) is 6.92 Å². The Hall–Kier alpha value is -1.14. The van der Waals surface area contributed by atoms with Gasteiger partial charge in [0, 0.05) is 26.2 Å². The van der Waals surface area contributed by atoms with Crippen LogP contribution in [-0.2, 0) is 9.59 Å². The molecule has 1 aliphatic rings. The lowest BCUT2D eigenvalue weighted by molar-refractivity contribution is -0.157. The summed E-state index contributed by atoms with van der Waals surface area (Å²) in [6.07, 6.45) is -0.752. The Morgan fingerprint density at radius 3 is 2.21 bits per heavy atom. The largest absolute Gasteiger partial charge is 0.380 e. The molecule has 0 aromatic heterocycles. The first-order valence-electron chi connectivity index (χ1n) is 6.96. The van der Waals surface area contributed by atoms with Crippen molar-refractivity contribution in [3.8, 4) is 0 Å². The number of carbonyl (C=O) groups excluding carboxylic acids is 2. The summed E-state index contributed by atoms with van der Waals surface area (Å²) in [4.78, 5) is 26.8. The van der Waals surface area contributed by atoms with E-state index in [1.165, 1.54) is 9.80 Å². The summed E-state index contributed by atoms with van der Waals surface area (Å²) < 4.78 is 0. The first kappa shape index (κ1) is 15.9. The van der Waals surface area contributed by atoms with E-state index in [9.17, 15) is 19.8 Å². The van der Waals surface area contributed by atoms with Crippen LogP contribution in [0.4, 0.5) is 0 Å². The van der Waals surface area contributed by atoms with E-state index in [0.717, 1.165) is 19.3 Å². The molecule has 0 aromatic carbocycles. The Bertz CT molecular complexity index is 316. The number of aliphatic hydroxyl groups excluding tert-OH is 2. The fourth-order valence-corrected chi connectivity index (χ4v) is 2.28. The maximum atomic E-state index is 12.0. The Labute approximate surface area is 114 Å². The van der Waals surface area contributed by atoms with Crippen LogP contribution >= 0.6 is 0 Å². The topological polar surface area (TPSA) is 81.1 Å². The third-order valence-electron chi connectivity index (χ3n) is 3.41. The van der Waals surface area contributed by atoms with Gasteiger partial charge in [0.1, 0.15) is 0 Å². The summed E-state index contributed by atoms with van der Waals surface area (Å²) >= 11 is 0. The summed E-state index contributed by atoms with van der Waals surface area (Å²) in [5.74, 6) is -1.13. The molecular weight excluding hydrogens is 248 g/mol. The van der Waals surface area contributed by atoms with Gasteiger partial charge < -0.3 is 20.0 Å². The fourth-order valence-electron chi connectivity index (χ4n) is 2.28. The third kappa shape index (κ3) is 3.91. The average Bonchev–Trinajstić information content (AvgIpc) is 2.95. The fraction of sp³-hybridized carbons (Fsp3) is 0.846. The second kappa shape index (κ2) is 7.45. The molecule has 0 aliphatic carbocycles. The molecule has 0 aromatic rings. The number of nitrogens with zero attached hydrogens (tertiary/aromatic N) is 2. The van der Waals surface area contributed by atoms with Crippen LogP contribution in [0, 0.1) is 0 Å². The van der Waals surface area contributed by atoms with Crippen molar-refractivity contribution in [2.45, 2.75) is 45.3 Å². The predicted molar refractivity (Wildman–Crippen MR) is 70.4 cm³/mol. The minimum atomic E-state index is -1.67. The SMILES string of the molecule is CCCN(CC)C(=O)C(O)C(O)C(=O)N1CCCC1. The van der Waals surface area contributed by atoms with Gasteiger partial charge in [-0.15, -0.1) is 0 Å². The molecule has 0 bridgehead atoms. The van der Waals surface area contributed by atoms with Crippen LogP contribution in [-0.4, -0.2) is 70.2 Å². The maximum Gasteiger partial charge on any atom is 0.254 e. The molecule has 2 unspecified atom stereocenters. The normalized spacial score (nSPS) is 18.2. The zero-order valence-corrected chi connectivity index (χ0v) is 11.7. The summed E-state index contributed by atoms with van der Waals surface area (Å²) in [6, 6.07) is 0. The Kier molecular flexibility index (Phi) is 6.24. The van der Waals surface area contributed by atoms with Gasteiger partial charge in [0.25, 0.3) is 11.8 Å². The van der Waals surface area contributed by atoms with Gasteiger partial charge in [0.05, 0.1) is 0 Å². The van der Waals surface area contributed by atoms with Crippen molar-refractivity contribution in [2.75, 3.05) is 26.2 Å². The quantitative estimate of drug-likeness (QED) is 0.689. The molecule has 6 nitrogen and oxygen atoms in total. The lowest BCUT2D eigenvalue weighted by Crippen LogP contribution is -2.51. The molecule has 1 aliphatic heterocycles. The van der Waals surface area contributed by atoms with Crippen molar-refractivity contribution in [3.63, 3.8) is 0 Å². The summed E-state index contributed by atoms with van der Waals surface area (Å²) in [5.41, 5.74) is 0. The average molecular weight is 272 g/mol. The summed E-state index contributed by atoms with van der Waals surface area (Å²) in [6.45, 7) is 5.86. The van der Waals surface area contributed by atoms with Crippen molar-refractivity contribution in [2.24, 2.45) is 0 Å². The zero-order chi connectivity index (χ0) is 14.4. The first-order chi connectivity index (χ1) is 9.02. The molecule has 1 rings (SSSR count). The molecule has 1 heterocycles. The van der Waals surface area contributed by atoms with E-state index >= 15 is 0 Å². The van der Waals surface area contributed by atoms with E-state index < -0.39 is 24.0 Å². The van der Waals surface area contributed by atoms with Gasteiger partial charge in [0.15, 0.2) is 12.2 Å². The van der Waals surface area contributed by atoms with Gasteiger partial charge in [0.2, 0.25) is 0 Å². The lowest BCUT2D eigenvalue weighted by atomic mass is 10.1. The number of aliphatic hydroxyl groups is 2. The first-order valence-corrected chi connectivity index (χ1v) is 6.96. The van der Waals surface area contributed by atoms with Crippen molar-refractivity contribution < 1.29 is 19.8 Å². The van der Waals surface area contributed by atoms with E-state index in [-0.39, 0.29) is 0 Å². The highest BCUT2D eigenvalue weighted by Gasteiger charge is 2.35. The van der Waals surface area contributed by atoms with Crippen molar-refractivity contribution >= 4 is 11.8 Å². The number of carbonyl (C=O) groups is 2. The lowest BCUT2D eigenvalue weighted by Gasteiger charge is -2.27. The highest BCUT2D eigenvalue weighted by molar-refractivity contribution is 5.90. The molecule has 6 heteroatoms. The van der Waals surface area contributed by atoms with Crippen LogP contribution in [0.25, 0.3) is 0 Å². The van der Waals surface area contributed by atoms with Gasteiger partial charge in [-0.3, -0.25) is 9.59 Å². The summed E-state index contributed by atoms with van der Waals surface area (Å²) in [7, 11) is 0. The molecule has 0 spiro atoms. The molecule has 2 N–H and O–H groups in total. The number of hydrogen-bond acceptors (Lipinski definition) is 4. The molecular formula is C13H24N2O4. The number of hydrogen-bond donors (Lipinski definition) is 2. The second-order valence-electron chi connectivity index (χ2n) is 4.84. The van der Waals surface area contributed by atoms with Gasteiger partial charge in [-0.1, -0.05) is 6.92 Å². The number of likely N-dealkylation sites (N-methyl/N-ethyl adjacent to an activating group) is 1. The van der Waals surface area contributed by atoms with E-state index in [0.29, 0.717) is 26.2 Å². The van der Waals surface area contributed by atoms with E-state index in [1.54, 1.807) is 6.92 Å². The van der Waals surface area contributed by atoms with Gasteiger partial charge in [-0.05, 0) is 26.2 Å². The Balaban J connectivity index is 2.61. The number of rotatable bonds is 6. The Morgan fingerprint density at radius 2 is 1.74 bits per heavy atom. The molecule has 2 atom stereocenters. The van der Waals surface area contributed by atoms with Gasteiger partial charge in [-0.25, -0.2) is 0 Å². The molecule has 0 radical (unpaired) electrons. The van der Waals surface area contributed by atoms with Crippen LogP contribution in [0.1, 0.15) is 33.1 Å². The standard InChI is InChI=1S/C13H24N2O4/c1-3-7-14(4-2)12(18)10(16)11(17)13(19)15-8-5-6-9-15/h10-11,16-17H,3-9H2,1-2H3. The van der Waals surface area contributed by atoms with Crippen LogP contribution in [0.2, 0.25) is 0 Å². The van der Waals surface area contributed by atoms with Crippen LogP contribution < -0.4 is 0 Å². The highest BCUT2D eigenvalue weighted by Crippen LogP contribution is 2.12. The highest BCUT2D eigenvalue weighted by atomic mass is 16.3. The molecule has 1 fully saturated rings. The molecule has 19 heavy (non-hydrogen) atoms. The Morgan fingerprint density at radius 1 is 1.16 bits per heavy atom. The van der Waals surface area contributed by atoms with Gasteiger partial charge in [-0.2, -0.15) is 0 Å². The van der Waals surface area contributed by atoms with E-state index in [2.05, 4.69) is 0 Å². The minimum absolute atomic E-state index is 0.453. The molecule has 2 amide bonds. The minimum Gasteiger partial charge on any atom is -0.380 e. The van der Waals surface area contributed by atoms with Crippen LogP contribution in [0.3, 0.4) is 0 Å². The number of amides is 2. The van der Waals surface area contributed by atoms with E-state index in [4.69, 9.17) is 0 Å². The summed E-state index contributed by atoms with van der Waals surface area (Å²) in [5, 5.41) is 19.7. The smallest absolute Gasteiger partial charge is 0.254 e. The molecule has 1 saturated heterocycles. The van der Waals surface area contributed by atoms with Crippen molar-refractivity contribution in [1.82, 2.24) is 9.80 Å². The van der Waals surface area contributed by atoms with Crippen molar-refractivity contribution in [1.29, 1.82) is 0 Å². The second-order valence-corrected chi connectivity index (χ2v) is 4.84. The molecule has 110 valence electrons. The van der Waals surface area contributed by atoms with Gasteiger partial charge >= 0.3 is 0 Å². The van der Waals surface area contributed by atoms with Crippen LogP contribution in [0.15, 0.2) is 0 Å². The monoisotopic (exact) mass is 272 g/mol. The van der Waals surface area contributed by atoms with Crippen LogP contribution in [0.5, 0.6) is 0 Å². The maximum absolute atomic E-state index is 12.0. The third-order valence-corrected chi connectivity index (χ3v) is 3.41. The van der Waals surface area contributed by atoms with Crippen molar-refractivity contribution in [3.05, 3.63) is 0 Å². The predicted octanol–water partition coefficient (Wildman–Crippen LogP) is -0.411. The zero-order valence-electron chi connectivity index (χ0n) is 11.7. The number of likely N-dealkylation sites (tertiary alicyclic amines) is 1. The molecule has 0 saturated carbocycles.